The molecule has 2 aliphatic rings. The van der Waals surface area contributed by atoms with Crippen molar-refractivity contribution in [1.29, 1.82) is 0 Å². The van der Waals surface area contributed by atoms with Gasteiger partial charge >= 0.3 is 17.9 Å². The zero-order valence-corrected chi connectivity index (χ0v) is 36.3. The van der Waals surface area contributed by atoms with Crippen molar-refractivity contribution in [2.24, 2.45) is 0 Å². The number of aromatic nitrogens is 2. The van der Waals surface area contributed by atoms with Crippen molar-refractivity contribution in [1.82, 2.24) is 23.7 Å². The van der Waals surface area contributed by atoms with Crippen LogP contribution < -0.4 is 20.3 Å². The Morgan fingerprint density at radius 1 is 1.10 bits per heavy atom. The number of hydrogen-bond donors (Lipinski definition) is 4. The summed E-state index contributed by atoms with van der Waals surface area (Å²) in [7, 11) is -6.60. The number of aliphatic carboxylic acids is 2. The predicted molar refractivity (Wildman–Crippen MR) is 213 cm³/mol. The van der Waals surface area contributed by atoms with Gasteiger partial charge in [0.25, 0.3) is 15.9 Å². The molecule has 1 saturated heterocycles. The van der Waals surface area contributed by atoms with E-state index in [1.807, 2.05) is 32.6 Å². The average Bonchev–Trinajstić information content (AvgIpc) is 3.83. The molecule has 2 aromatic heterocycles. The zero-order valence-electron chi connectivity index (χ0n) is 33.0. The Kier molecular flexibility index (Phi) is 19.1. The maximum absolute atomic E-state index is 13.4. The molecule has 0 amide bonds. The second-order valence-corrected chi connectivity index (χ2v) is 19.9. The van der Waals surface area contributed by atoms with E-state index >= 15 is 0 Å². The second kappa shape index (κ2) is 22.7. The number of carboxylic acid groups (broad SMARTS) is 2. The number of nitrogens with zero attached hydrogens (tertiary/aromatic N) is 4. The van der Waals surface area contributed by atoms with Gasteiger partial charge in [-0.3, -0.25) is 9.59 Å². The summed E-state index contributed by atoms with van der Waals surface area (Å²) in [4.78, 5) is 46.9. The molecule has 0 aliphatic carbocycles. The third-order valence-electron chi connectivity index (χ3n) is 8.20. The molecule has 0 bridgehead atoms. The monoisotopic (exact) mass is 896 g/mol. The van der Waals surface area contributed by atoms with Crippen molar-refractivity contribution in [3.8, 4) is 5.88 Å². The van der Waals surface area contributed by atoms with Gasteiger partial charge in [0.2, 0.25) is 5.82 Å². The third-order valence-corrected chi connectivity index (χ3v) is 14.5. The van der Waals surface area contributed by atoms with Crippen molar-refractivity contribution in [3.05, 3.63) is 23.8 Å². The number of nitrogens with one attached hydrogen (secondary N) is 2. The molecule has 24 heteroatoms. The molecule has 0 unspecified atom stereocenters. The minimum Gasteiger partial charge on any atom is -0.478 e. The molecular formula is C34H52N6O14S4. The number of carboxylic acids is 2. The van der Waals surface area contributed by atoms with Gasteiger partial charge in [-0.25, -0.2) is 26.4 Å². The summed E-state index contributed by atoms with van der Waals surface area (Å²) in [6, 6.07) is 0.942. The molecule has 4 rings (SSSR count). The minimum absolute atomic E-state index is 0.0243. The highest BCUT2D eigenvalue weighted by molar-refractivity contribution is 7.95. The Morgan fingerprint density at radius 2 is 1.78 bits per heavy atom. The summed E-state index contributed by atoms with van der Waals surface area (Å²) in [5.41, 5.74) is 0.0860. The maximum Gasteiger partial charge on any atom is 0.328 e. The molecule has 58 heavy (non-hydrogen) atoms. The number of carbonyl (C=O) groups excluding carboxylic acids is 2. The number of morpholine rings is 1. The molecule has 1 fully saturated rings. The van der Waals surface area contributed by atoms with Crippen LogP contribution >= 0.6 is 23.1 Å². The predicted octanol–water partition coefficient (Wildman–Crippen LogP) is 1.34. The van der Waals surface area contributed by atoms with Crippen molar-refractivity contribution < 1.29 is 65.2 Å². The lowest BCUT2D eigenvalue weighted by atomic mass is 10.1. The number of hydrogen-bond acceptors (Lipinski definition) is 19. The number of anilines is 1. The number of esters is 1. The lowest BCUT2D eigenvalue weighted by Gasteiger charge is -2.32. The number of ketones is 1. The summed E-state index contributed by atoms with van der Waals surface area (Å²) in [6.45, 7) is 11.7. The Hall–Kier alpha value is -3.62. The van der Waals surface area contributed by atoms with Crippen LogP contribution in [0, 0.1) is 0 Å². The number of Topliss-reactive ketones (excluding diaryl/α,β-unsaturated/α-hetero) is 1. The van der Waals surface area contributed by atoms with Gasteiger partial charge in [0.05, 0.1) is 31.4 Å². The Labute approximate surface area is 346 Å². The van der Waals surface area contributed by atoms with Crippen LogP contribution in [0.4, 0.5) is 5.82 Å². The molecule has 0 radical (unpaired) electrons. The summed E-state index contributed by atoms with van der Waals surface area (Å²) in [5, 5.41) is 22.1. The van der Waals surface area contributed by atoms with E-state index in [9.17, 15) is 36.0 Å². The highest BCUT2D eigenvalue weighted by Crippen LogP contribution is 2.40. The first-order chi connectivity index (χ1) is 27.3. The lowest BCUT2D eigenvalue weighted by molar-refractivity contribution is -0.151. The van der Waals surface area contributed by atoms with Crippen LogP contribution in [0.15, 0.2) is 26.6 Å². The molecule has 2 aromatic rings. The molecule has 4 heterocycles. The van der Waals surface area contributed by atoms with Gasteiger partial charge in [-0.2, -0.15) is 8.68 Å². The van der Waals surface area contributed by atoms with Crippen LogP contribution in [-0.4, -0.2) is 154 Å². The Bertz CT molecular complexity index is 1920. The van der Waals surface area contributed by atoms with Gasteiger partial charge in [0.15, 0.2) is 9.84 Å². The molecule has 2 aliphatic heterocycles. The molecule has 2 atom stereocenters. The quantitative estimate of drug-likeness (QED) is 0.0782. The fourth-order valence-corrected chi connectivity index (χ4v) is 11.2. The summed E-state index contributed by atoms with van der Waals surface area (Å²) in [5.74, 6) is -3.84. The minimum atomic E-state index is -4.19. The van der Waals surface area contributed by atoms with E-state index in [2.05, 4.69) is 19.4 Å². The van der Waals surface area contributed by atoms with Gasteiger partial charge in [0.1, 0.15) is 32.7 Å². The first-order valence-corrected chi connectivity index (χ1v) is 22.9. The van der Waals surface area contributed by atoms with Crippen LogP contribution in [0.5, 0.6) is 5.88 Å². The smallest absolute Gasteiger partial charge is 0.328 e. The van der Waals surface area contributed by atoms with E-state index < -0.39 is 61.5 Å². The number of carbonyl (C=O) groups is 4. The highest BCUT2D eigenvalue weighted by atomic mass is 32.3. The highest BCUT2D eigenvalue weighted by Gasteiger charge is 2.40. The zero-order chi connectivity index (χ0) is 43.1. The second-order valence-electron chi connectivity index (χ2n) is 14.0. The van der Waals surface area contributed by atoms with Gasteiger partial charge in [-0.05, 0) is 39.8 Å². The Morgan fingerprint density at radius 3 is 2.38 bits per heavy atom. The standard InChI is InChI=1S/C30H48N6O10S4.C4H4O4/c1-6-31-24-18-36(10-7-13-43-5)50(41,42)29-23(24)16-26(47-29)49(39,40)20-21(37)8-9-25(38)46-22(17-32-30(2,3)4)19-45-28-27(33-48-34-28)35-11-14-44-15-12-35;5-3(6)1-2-4(7)8/h16,22,24,31-32H,6-15,17-20H2,1-5H3;1-2H,(H,5,6)(H,7,8)/b;2-1-/t22-,24-;/m0./s1. The molecule has 0 aromatic carbocycles. The topological polar surface area (TPSA) is 270 Å². The number of ether oxygens (including phenoxy) is 4. The van der Waals surface area contributed by atoms with Gasteiger partial charge in [0, 0.05) is 82.2 Å². The van der Waals surface area contributed by atoms with Crippen LogP contribution in [-0.2, 0) is 53.2 Å². The third kappa shape index (κ3) is 15.5. The van der Waals surface area contributed by atoms with Gasteiger partial charge < -0.3 is 44.7 Å². The Balaban J connectivity index is 0.00000101. The van der Waals surface area contributed by atoms with Crippen LogP contribution in [0.3, 0.4) is 0 Å². The first kappa shape index (κ1) is 48.7. The van der Waals surface area contributed by atoms with Gasteiger partial charge in [-0.1, -0.05) is 6.92 Å². The van der Waals surface area contributed by atoms with Crippen molar-refractivity contribution in [3.63, 3.8) is 0 Å². The normalized spacial score (nSPS) is 17.5. The summed E-state index contributed by atoms with van der Waals surface area (Å²) in [6.07, 6.45) is 0.151. The number of fused-ring (bicyclic) bond motifs is 1. The SMILES string of the molecule is CCN[C@H]1CN(CCCOC)S(=O)(=O)c2sc(S(=O)(=O)CC(=O)CCC(=O)O[C@@H](CNC(C)(C)C)COc3nsnc3N3CCOCC3)cc21.O=C(O)/C=C\C(=O)O. The van der Waals surface area contributed by atoms with Gasteiger partial charge in [-0.15, -0.1) is 15.7 Å². The van der Waals surface area contributed by atoms with Crippen molar-refractivity contribution in [2.75, 3.05) is 83.5 Å². The molecule has 326 valence electrons. The number of sulfone groups is 1. The molecule has 0 spiro atoms. The number of rotatable bonds is 21. The molecule has 20 nitrogen and oxygen atoms in total. The fourth-order valence-electron chi connectivity index (χ4n) is 5.44. The van der Waals surface area contributed by atoms with Crippen molar-refractivity contribution in [2.45, 2.75) is 73.1 Å². The van der Waals surface area contributed by atoms with E-state index in [1.165, 1.54) is 17.5 Å². The fraction of sp³-hybridized carbons (Fsp3) is 0.647. The molecule has 0 saturated carbocycles. The van der Waals surface area contributed by atoms with E-state index in [1.54, 1.807) is 0 Å². The number of sulfonamides is 1. The molecular weight excluding hydrogens is 845 g/mol. The van der Waals surface area contributed by atoms with Crippen LogP contribution in [0.25, 0.3) is 0 Å². The van der Waals surface area contributed by atoms with Crippen molar-refractivity contribution >= 4 is 72.4 Å². The van der Waals surface area contributed by atoms with Crippen LogP contribution in [0.1, 0.15) is 58.6 Å². The van der Waals surface area contributed by atoms with E-state index in [-0.39, 0.29) is 53.0 Å². The average molecular weight is 897 g/mol. The lowest BCUT2D eigenvalue weighted by Crippen LogP contribution is -2.44. The summed E-state index contributed by atoms with van der Waals surface area (Å²) >= 11 is 1.66. The van der Waals surface area contributed by atoms with Crippen LogP contribution in [0.2, 0.25) is 0 Å². The van der Waals surface area contributed by atoms with E-state index in [0.29, 0.717) is 86.6 Å². The first-order valence-electron chi connectivity index (χ1n) is 18.2. The number of likely N-dealkylation sites (N-methyl/N-ethyl adjacent to an activating group) is 1. The molecule has 4 N–H and O–H groups in total. The largest absolute Gasteiger partial charge is 0.478 e. The van der Waals surface area contributed by atoms with E-state index in [4.69, 9.17) is 29.2 Å². The maximum atomic E-state index is 13.4. The number of thiophene rings is 1. The number of methoxy groups -OCH3 is 1. The van der Waals surface area contributed by atoms with E-state index in [0.717, 1.165) is 11.7 Å². The summed E-state index contributed by atoms with van der Waals surface area (Å²) < 4.78 is 85.3.